The van der Waals surface area contributed by atoms with Crippen molar-refractivity contribution in [1.82, 2.24) is 10.6 Å². The third-order valence-corrected chi connectivity index (χ3v) is 2.72. The number of benzene rings is 1. The molecule has 1 rings (SSSR count). The Morgan fingerprint density at radius 3 is 2.53 bits per heavy atom. The first kappa shape index (κ1) is 13.7. The van der Waals surface area contributed by atoms with E-state index in [1.165, 1.54) is 0 Å². The van der Waals surface area contributed by atoms with E-state index in [9.17, 15) is 9.90 Å². The maximum absolute atomic E-state index is 11.6. The van der Waals surface area contributed by atoms with Crippen molar-refractivity contribution in [2.45, 2.75) is 25.4 Å². The molecule has 94 valence electrons. The molecule has 0 fully saturated rings. The number of likely N-dealkylation sites (N-methyl/N-ethyl adjacent to an activating group) is 1. The third kappa shape index (κ3) is 4.54. The highest BCUT2D eigenvalue weighted by Gasteiger charge is 2.15. The van der Waals surface area contributed by atoms with Crippen LogP contribution in [0.1, 0.15) is 12.5 Å². The quantitative estimate of drug-likeness (QED) is 0.666. The Morgan fingerprint density at radius 1 is 1.35 bits per heavy atom. The second-order valence-corrected chi connectivity index (χ2v) is 4.09. The number of rotatable bonds is 6. The monoisotopic (exact) mass is 236 g/mol. The van der Waals surface area contributed by atoms with Crippen LogP contribution in [0.15, 0.2) is 30.3 Å². The normalized spacial score (nSPS) is 14.1. The van der Waals surface area contributed by atoms with Crippen LogP contribution >= 0.6 is 0 Å². The molecule has 4 nitrogen and oxygen atoms in total. The molecule has 0 saturated carbocycles. The van der Waals surface area contributed by atoms with Crippen molar-refractivity contribution in [3.63, 3.8) is 0 Å². The number of carbonyl (C=O) groups excluding carboxylic acids is 1. The number of carbonyl (C=O) groups is 1. The molecule has 1 amide bonds. The van der Waals surface area contributed by atoms with Crippen LogP contribution in [0.4, 0.5) is 0 Å². The SMILES string of the molecule is CNC(C)C(=O)N[C@@H](CO)Cc1ccccc1. The first-order chi connectivity index (χ1) is 8.17. The topological polar surface area (TPSA) is 61.4 Å². The molecule has 0 radical (unpaired) electrons. The minimum absolute atomic E-state index is 0.0585. The van der Waals surface area contributed by atoms with Crippen LogP contribution < -0.4 is 10.6 Å². The van der Waals surface area contributed by atoms with Gasteiger partial charge in [-0.1, -0.05) is 30.3 Å². The van der Waals surface area contributed by atoms with E-state index < -0.39 is 0 Å². The molecule has 2 atom stereocenters. The molecule has 1 unspecified atom stereocenters. The first-order valence-corrected chi connectivity index (χ1v) is 5.79. The van der Waals surface area contributed by atoms with Gasteiger partial charge < -0.3 is 15.7 Å². The summed E-state index contributed by atoms with van der Waals surface area (Å²) in [7, 11) is 1.73. The molecule has 0 saturated heterocycles. The molecule has 1 aromatic rings. The van der Waals surface area contributed by atoms with Crippen LogP contribution in [0.25, 0.3) is 0 Å². The Hall–Kier alpha value is -1.39. The van der Waals surface area contributed by atoms with Gasteiger partial charge in [-0.25, -0.2) is 0 Å². The Labute approximate surface area is 102 Å². The van der Waals surface area contributed by atoms with Gasteiger partial charge in [-0.2, -0.15) is 0 Å². The lowest BCUT2D eigenvalue weighted by atomic mass is 10.1. The second kappa shape index (κ2) is 7.04. The van der Waals surface area contributed by atoms with E-state index in [0.29, 0.717) is 6.42 Å². The Morgan fingerprint density at radius 2 is 2.00 bits per heavy atom. The van der Waals surface area contributed by atoms with Gasteiger partial charge >= 0.3 is 0 Å². The van der Waals surface area contributed by atoms with E-state index in [1.807, 2.05) is 30.3 Å². The number of hydrogen-bond donors (Lipinski definition) is 3. The standard InChI is InChI=1S/C13H20N2O2/c1-10(14-2)13(17)15-12(9-16)8-11-6-4-3-5-7-11/h3-7,10,12,14,16H,8-9H2,1-2H3,(H,15,17)/t10?,12-/m1/s1. The van der Waals surface area contributed by atoms with Crippen molar-refractivity contribution in [2.75, 3.05) is 13.7 Å². The fraction of sp³-hybridized carbons (Fsp3) is 0.462. The lowest BCUT2D eigenvalue weighted by molar-refractivity contribution is -0.123. The summed E-state index contributed by atoms with van der Waals surface area (Å²) in [5, 5.41) is 14.9. The molecule has 3 N–H and O–H groups in total. The van der Waals surface area contributed by atoms with Crippen LogP contribution in [0.2, 0.25) is 0 Å². The summed E-state index contributed by atoms with van der Waals surface area (Å²) in [5.74, 6) is -0.0949. The minimum atomic E-state index is -0.250. The zero-order valence-corrected chi connectivity index (χ0v) is 10.3. The maximum Gasteiger partial charge on any atom is 0.237 e. The lowest BCUT2D eigenvalue weighted by Gasteiger charge is -2.19. The fourth-order valence-electron chi connectivity index (χ4n) is 1.52. The van der Waals surface area contributed by atoms with Gasteiger partial charge in [0.2, 0.25) is 5.91 Å². The molecule has 0 aromatic heterocycles. The van der Waals surface area contributed by atoms with Crippen LogP contribution in [0.5, 0.6) is 0 Å². The zero-order chi connectivity index (χ0) is 12.7. The number of hydrogen-bond acceptors (Lipinski definition) is 3. The van der Waals surface area contributed by atoms with E-state index in [-0.39, 0.29) is 24.6 Å². The van der Waals surface area contributed by atoms with Gasteiger partial charge in [0, 0.05) is 0 Å². The first-order valence-electron chi connectivity index (χ1n) is 5.79. The predicted octanol–water partition coefficient (Wildman–Crippen LogP) is 0.314. The molecular weight excluding hydrogens is 216 g/mol. The molecule has 17 heavy (non-hydrogen) atoms. The zero-order valence-electron chi connectivity index (χ0n) is 10.3. The van der Waals surface area contributed by atoms with Crippen molar-refractivity contribution >= 4 is 5.91 Å². The largest absolute Gasteiger partial charge is 0.394 e. The molecule has 4 heteroatoms. The summed E-state index contributed by atoms with van der Waals surface area (Å²) in [6.45, 7) is 1.73. The Bertz CT molecular complexity index is 341. The fourth-order valence-corrected chi connectivity index (χ4v) is 1.52. The minimum Gasteiger partial charge on any atom is -0.394 e. The molecule has 0 spiro atoms. The average Bonchev–Trinajstić information content (AvgIpc) is 2.38. The van der Waals surface area contributed by atoms with Gasteiger partial charge in [0.25, 0.3) is 0 Å². The van der Waals surface area contributed by atoms with Crippen LogP contribution in [0.3, 0.4) is 0 Å². The number of nitrogens with one attached hydrogen (secondary N) is 2. The number of aliphatic hydroxyl groups is 1. The van der Waals surface area contributed by atoms with Gasteiger partial charge in [0.05, 0.1) is 18.7 Å². The van der Waals surface area contributed by atoms with Crippen molar-refractivity contribution < 1.29 is 9.90 Å². The van der Waals surface area contributed by atoms with E-state index in [2.05, 4.69) is 10.6 Å². The third-order valence-electron chi connectivity index (χ3n) is 2.72. The van der Waals surface area contributed by atoms with Gasteiger partial charge in [-0.3, -0.25) is 4.79 Å². The summed E-state index contributed by atoms with van der Waals surface area (Å²) < 4.78 is 0. The molecular formula is C13H20N2O2. The van der Waals surface area contributed by atoms with E-state index in [4.69, 9.17) is 0 Å². The van der Waals surface area contributed by atoms with E-state index >= 15 is 0 Å². The predicted molar refractivity (Wildman–Crippen MR) is 67.7 cm³/mol. The van der Waals surface area contributed by atoms with Crippen molar-refractivity contribution in [3.05, 3.63) is 35.9 Å². The van der Waals surface area contributed by atoms with Crippen LogP contribution in [0, 0.1) is 0 Å². The van der Waals surface area contributed by atoms with Crippen LogP contribution in [-0.2, 0) is 11.2 Å². The number of aliphatic hydroxyl groups excluding tert-OH is 1. The Kier molecular flexibility index (Phi) is 5.66. The highest BCUT2D eigenvalue weighted by Crippen LogP contribution is 2.03. The highest BCUT2D eigenvalue weighted by atomic mass is 16.3. The molecule has 0 aliphatic heterocycles. The van der Waals surface area contributed by atoms with Gasteiger partial charge in [0.15, 0.2) is 0 Å². The van der Waals surface area contributed by atoms with Gasteiger partial charge in [-0.15, -0.1) is 0 Å². The summed E-state index contributed by atoms with van der Waals surface area (Å²) in [5.41, 5.74) is 1.10. The van der Waals surface area contributed by atoms with Gasteiger partial charge in [-0.05, 0) is 26.0 Å². The Balaban J connectivity index is 2.52. The highest BCUT2D eigenvalue weighted by molar-refractivity contribution is 5.81. The number of amides is 1. The molecule has 0 heterocycles. The summed E-state index contributed by atoms with van der Waals surface area (Å²) in [4.78, 5) is 11.6. The van der Waals surface area contributed by atoms with Gasteiger partial charge in [0.1, 0.15) is 0 Å². The van der Waals surface area contributed by atoms with E-state index in [0.717, 1.165) is 5.56 Å². The molecule has 0 aliphatic carbocycles. The second-order valence-electron chi connectivity index (χ2n) is 4.09. The van der Waals surface area contributed by atoms with E-state index in [1.54, 1.807) is 14.0 Å². The summed E-state index contributed by atoms with van der Waals surface area (Å²) >= 11 is 0. The smallest absolute Gasteiger partial charge is 0.237 e. The molecule has 0 aliphatic rings. The maximum atomic E-state index is 11.6. The van der Waals surface area contributed by atoms with Crippen molar-refractivity contribution in [1.29, 1.82) is 0 Å². The average molecular weight is 236 g/mol. The van der Waals surface area contributed by atoms with Crippen LogP contribution in [-0.4, -0.2) is 36.8 Å². The lowest BCUT2D eigenvalue weighted by Crippen LogP contribution is -2.47. The summed E-state index contributed by atoms with van der Waals surface area (Å²) in [6, 6.07) is 9.32. The van der Waals surface area contributed by atoms with Crippen molar-refractivity contribution in [2.24, 2.45) is 0 Å². The molecule has 0 bridgehead atoms. The summed E-state index contributed by atoms with van der Waals surface area (Å²) in [6.07, 6.45) is 0.638. The van der Waals surface area contributed by atoms with Crippen molar-refractivity contribution in [3.8, 4) is 0 Å². The molecule has 1 aromatic carbocycles.